The van der Waals surface area contributed by atoms with Crippen molar-refractivity contribution in [3.05, 3.63) is 17.3 Å². The number of thiophene rings is 1. The Hall–Kier alpha value is -0.910. The van der Waals surface area contributed by atoms with Crippen LogP contribution in [0.1, 0.15) is 4.88 Å². The highest BCUT2D eigenvalue weighted by Crippen LogP contribution is 2.29. The monoisotopic (exact) mass is 271 g/mol. The van der Waals surface area contributed by atoms with Crippen molar-refractivity contribution >= 4 is 39.8 Å². The lowest BCUT2D eigenvalue weighted by Crippen LogP contribution is -2.36. The number of hydrogen-bond donors (Lipinski definition) is 0. The lowest BCUT2D eigenvalue weighted by atomic mass is 10.3. The SMILES string of the molecule is Cc1cc2c(N3CCOCC3)ncnc2s1.Cl. The summed E-state index contributed by atoms with van der Waals surface area (Å²) in [5, 5.41) is 1.17. The Balaban J connectivity index is 0.00000108. The summed E-state index contributed by atoms with van der Waals surface area (Å²) in [7, 11) is 0. The number of anilines is 1. The molecule has 2 aromatic rings. The van der Waals surface area contributed by atoms with Gasteiger partial charge < -0.3 is 9.64 Å². The third kappa shape index (κ3) is 2.36. The van der Waals surface area contributed by atoms with Gasteiger partial charge in [0.15, 0.2) is 0 Å². The van der Waals surface area contributed by atoms with Gasteiger partial charge in [0.1, 0.15) is 17.0 Å². The maximum absolute atomic E-state index is 5.36. The largest absolute Gasteiger partial charge is 0.378 e. The third-order valence-corrected chi connectivity index (χ3v) is 3.70. The van der Waals surface area contributed by atoms with Crippen molar-refractivity contribution in [3.8, 4) is 0 Å². The zero-order chi connectivity index (χ0) is 11.0. The molecular weight excluding hydrogens is 258 g/mol. The van der Waals surface area contributed by atoms with Crippen molar-refractivity contribution in [2.45, 2.75) is 6.92 Å². The number of rotatable bonds is 1. The van der Waals surface area contributed by atoms with Crippen LogP contribution in [0.15, 0.2) is 12.4 Å². The van der Waals surface area contributed by atoms with Crippen LogP contribution < -0.4 is 4.90 Å². The number of ether oxygens (including phenoxy) is 1. The lowest BCUT2D eigenvalue weighted by molar-refractivity contribution is 0.122. The van der Waals surface area contributed by atoms with Crippen LogP contribution in [-0.2, 0) is 4.74 Å². The van der Waals surface area contributed by atoms with Gasteiger partial charge in [-0.05, 0) is 13.0 Å². The minimum Gasteiger partial charge on any atom is -0.378 e. The first kappa shape index (κ1) is 12.5. The first-order valence-electron chi connectivity index (χ1n) is 5.38. The van der Waals surface area contributed by atoms with Gasteiger partial charge in [0.2, 0.25) is 0 Å². The molecule has 0 aliphatic carbocycles. The number of fused-ring (bicyclic) bond motifs is 1. The minimum absolute atomic E-state index is 0. The van der Waals surface area contributed by atoms with Gasteiger partial charge in [-0.15, -0.1) is 23.7 Å². The standard InChI is InChI=1S/C11H13N3OS.ClH/c1-8-6-9-10(12-7-13-11(9)16-8)14-2-4-15-5-3-14;/h6-7H,2-5H2,1H3;1H. The summed E-state index contributed by atoms with van der Waals surface area (Å²) in [5.41, 5.74) is 0. The molecular formula is C11H14ClN3OS. The van der Waals surface area contributed by atoms with E-state index in [1.807, 2.05) is 0 Å². The fraction of sp³-hybridized carbons (Fsp3) is 0.455. The van der Waals surface area contributed by atoms with E-state index in [1.165, 1.54) is 10.3 Å². The Morgan fingerprint density at radius 2 is 2.06 bits per heavy atom. The molecule has 0 radical (unpaired) electrons. The van der Waals surface area contributed by atoms with E-state index < -0.39 is 0 Å². The summed E-state index contributed by atoms with van der Waals surface area (Å²) in [6, 6.07) is 2.17. The molecule has 3 rings (SSSR count). The molecule has 1 saturated heterocycles. The van der Waals surface area contributed by atoms with Gasteiger partial charge in [0.05, 0.1) is 18.6 Å². The zero-order valence-electron chi connectivity index (χ0n) is 9.55. The molecule has 0 saturated carbocycles. The number of aromatic nitrogens is 2. The Morgan fingerprint density at radius 3 is 2.82 bits per heavy atom. The van der Waals surface area contributed by atoms with Gasteiger partial charge in [-0.2, -0.15) is 0 Å². The fourth-order valence-corrected chi connectivity index (χ4v) is 2.83. The quantitative estimate of drug-likeness (QED) is 0.797. The summed E-state index contributed by atoms with van der Waals surface area (Å²) in [6.45, 7) is 5.51. The second-order valence-corrected chi connectivity index (χ2v) is 5.11. The number of halogens is 1. The molecule has 92 valence electrons. The van der Waals surface area contributed by atoms with E-state index in [9.17, 15) is 0 Å². The van der Waals surface area contributed by atoms with Crippen LogP contribution in [0.2, 0.25) is 0 Å². The van der Waals surface area contributed by atoms with Crippen LogP contribution >= 0.6 is 23.7 Å². The first-order valence-corrected chi connectivity index (χ1v) is 6.20. The lowest BCUT2D eigenvalue weighted by Gasteiger charge is -2.28. The number of nitrogens with zero attached hydrogens (tertiary/aromatic N) is 3. The molecule has 0 bridgehead atoms. The van der Waals surface area contributed by atoms with Crippen molar-refractivity contribution in [1.29, 1.82) is 0 Å². The molecule has 1 aliphatic heterocycles. The number of morpholine rings is 1. The molecule has 3 heterocycles. The summed E-state index contributed by atoms with van der Waals surface area (Å²) < 4.78 is 5.36. The minimum atomic E-state index is 0. The van der Waals surface area contributed by atoms with Crippen molar-refractivity contribution in [3.63, 3.8) is 0 Å². The third-order valence-electron chi connectivity index (χ3n) is 2.74. The Labute approximate surface area is 110 Å². The topological polar surface area (TPSA) is 38.2 Å². The maximum atomic E-state index is 5.36. The summed E-state index contributed by atoms with van der Waals surface area (Å²) in [5.74, 6) is 1.05. The van der Waals surface area contributed by atoms with E-state index in [0.717, 1.165) is 37.0 Å². The Bertz CT molecular complexity index is 510. The van der Waals surface area contributed by atoms with Crippen molar-refractivity contribution in [2.75, 3.05) is 31.2 Å². The smallest absolute Gasteiger partial charge is 0.140 e. The molecule has 17 heavy (non-hydrogen) atoms. The molecule has 1 fully saturated rings. The van der Waals surface area contributed by atoms with Gasteiger partial charge in [-0.1, -0.05) is 0 Å². The average molecular weight is 272 g/mol. The van der Waals surface area contributed by atoms with Gasteiger partial charge in [0.25, 0.3) is 0 Å². The van der Waals surface area contributed by atoms with Crippen LogP contribution in [0, 0.1) is 6.92 Å². The normalized spacial score (nSPS) is 15.9. The molecule has 2 aromatic heterocycles. The summed E-state index contributed by atoms with van der Waals surface area (Å²) >= 11 is 1.72. The Kier molecular flexibility index (Phi) is 3.81. The van der Waals surface area contributed by atoms with E-state index in [0.29, 0.717) is 0 Å². The van der Waals surface area contributed by atoms with Crippen LogP contribution in [0.25, 0.3) is 10.2 Å². The highest BCUT2D eigenvalue weighted by molar-refractivity contribution is 7.18. The zero-order valence-corrected chi connectivity index (χ0v) is 11.2. The van der Waals surface area contributed by atoms with Crippen molar-refractivity contribution < 1.29 is 4.74 Å². The molecule has 4 nitrogen and oxygen atoms in total. The summed E-state index contributed by atoms with van der Waals surface area (Å²) in [6.07, 6.45) is 1.66. The van der Waals surface area contributed by atoms with Crippen molar-refractivity contribution in [2.24, 2.45) is 0 Å². The summed E-state index contributed by atoms with van der Waals surface area (Å²) in [4.78, 5) is 13.4. The highest BCUT2D eigenvalue weighted by Gasteiger charge is 2.16. The molecule has 0 amide bonds. The average Bonchev–Trinajstić information content (AvgIpc) is 2.70. The van der Waals surface area contributed by atoms with Crippen LogP contribution in [-0.4, -0.2) is 36.3 Å². The van der Waals surface area contributed by atoms with Crippen LogP contribution in [0.5, 0.6) is 0 Å². The van der Waals surface area contributed by atoms with Gasteiger partial charge in [-0.3, -0.25) is 0 Å². The highest BCUT2D eigenvalue weighted by atomic mass is 35.5. The maximum Gasteiger partial charge on any atom is 0.140 e. The first-order chi connectivity index (χ1) is 7.84. The van der Waals surface area contributed by atoms with E-state index in [1.54, 1.807) is 17.7 Å². The Morgan fingerprint density at radius 1 is 1.29 bits per heavy atom. The fourth-order valence-electron chi connectivity index (χ4n) is 1.99. The molecule has 0 unspecified atom stereocenters. The molecule has 0 atom stereocenters. The second kappa shape index (κ2) is 5.16. The number of hydrogen-bond acceptors (Lipinski definition) is 5. The van der Waals surface area contributed by atoms with Crippen molar-refractivity contribution in [1.82, 2.24) is 9.97 Å². The van der Waals surface area contributed by atoms with Crippen LogP contribution in [0.4, 0.5) is 5.82 Å². The molecule has 1 aliphatic rings. The molecule has 6 heteroatoms. The van der Waals surface area contributed by atoms with Gasteiger partial charge in [0, 0.05) is 18.0 Å². The van der Waals surface area contributed by atoms with E-state index in [4.69, 9.17) is 4.74 Å². The number of aryl methyl sites for hydroxylation is 1. The molecule has 0 aromatic carbocycles. The van der Waals surface area contributed by atoms with Gasteiger partial charge >= 0.3 is 0 Å². The van der Waals surface area contributed by atoms with Crippen LogP contribution in [0.3, 0.4) is 0 Å². The molecule has 0 spiro atoms. The van der Waals surface area contributed by atoms with Gasteiger partial charge in [-0.25, -0.2) is 9.97 Å². The predicted octanol–water partition coefficient (Wildman–Crippen LogP) is 2.26. The van der Waals surface area contributed by atoms with E-state index >= 15 is 0 Å². The second-order valence-electron chi connectivity index (χ2n) is 3.87. The van der Waals surface area contributed by atoms with E-state index in [2.05, 4.69) is 27.9 Å². The van der Waals surface area contributed by atoms with E-state index in [-0.39, 0.29) is 12.4 Å². The predicted molar refractivity (Wildman–Crippen MR) is 72.4 cm³/mol. The molecule has 0 N–H and O–H groups in total.